The normalized spacial score (nSPS) is 23.9. The van der Waals surface area contributed by atoms with Crippen molar-refractivity contribution < 1.29 is 0 Å². The fourth-order valence-corrected chi connectivity index (χ4v) is 2.94. The number of nitriles is 1. The second-order valence-corrected chi connectivity index (χ2v) is 5.36. The van der Waals surface area contributed by atoms with Crippen molar-refractivity contribution in [2.75, 3.05) is 24.5 Å². The molecule has 3 heterocycles. The highest BCUT2D eigenvalue weighted by molar-refractivity contribution is 5.82. The summed E-state index contributed by atoms with van der Waals surface area (Å²) in [6, 6.07) is 3.00. The van der Waals surface area contributed by atoms with E-state index in [4.69, 9.17) is 0 Å². The summed E-state index contributed by atoms with van der Waals surface area (Å²) in [5.74, 6) is 0.850. The van der Waals surface area contributed by atoms with Crippen LogP contribution in [0.5, 0.6) is 0 Å². The third-order valence-corrected chi connectivity index (χ3v) is 4.09. The van der Waals surface area contributed by atoms with Gasteiger partial charge in [0.25, 0.3) is 0 Å². The number of rotatable bonds is 2. The maximum Gasteiger partial charge on any atom is 0.182 e. The van der Waals surface area contributed by atoms with Crippen LogP contribution in [0.4, 0.5) is 5.82 Å². The van der Waals surface area contributed by atoms with Gasteiger partial charge in [0.05, 0.1) is 12.4 Å². The molecule has 102 valence electrons. The number of piperazine rings is 1. The summed E-state index contributed by atoms with van der Waals surface area (Å²) in [6.07, 6.45) is 5.63. The molecule has 0 bridgehead atoms. The first-order valence-electron chi connectivity index (χ1n) is 6.91. The Bertz CT molecular complexity index is 669. The summed E-state index contributed by atoms with van der Waals surface area (Å²) < 4.78 is 0. The first-order valence-corrected chi connectivity index (χ1v) is 6.91. The average Bonchev–Trinajstić information content (AvgIpc) is 3.22. The molecule has 0 aromatic carbocycles. The van der Waals surface area contributed by atoms with Gasteiger partial charge in [0.2, 0.25) is 0 Å². The summed E-state index contributed by atoms with van der Waals surface area (Å²) in [4.78, 5) is 20.3. The van der Waals surface area contributed by atoms with Crippen LogP contribution in [0, 0.1) is 11.3 Å². The lowest BCUT2D eigenvalue weighted by Gasteiger charge is -2.38. The Labute approximate surface area is 116 Å². The monoisotopic (exact) mass is 269 g/mol. The fourth-order valence-electron chi connectivity index (χ4n) is 2.94. The SMILES string of the molecule is N#CC1CN(c2ncnc3nc[nH]c23)CCN1C1CC1. The summed E-state index contributed by atoms with van der Waals surface area (Å²) in [6.45, 7) is 2.50. The Hall–Kier alpha value is -2.20. The molecule has 4 rings (SSSR count). The number of nitrogens with zero attached hydrogens (tertiary/aromatic N) is 6. The second-order valence-electron chi connectivity index (χ2n) is 5.36. The molecule has 1 N–H and O–H groups in total. The molecule has 2 aromatic heterocycles. The predicted octanol–water partition coefficient (Wildman–Crippen LogP) is 0.529. The highest BCUT2D eigenvalue weighted by atomic mass is 15.3. The number of hydrogen-bond acceptors (Lipinski definition) is 6. The van der Waals surface area contributed by atoms with Crippen molar-refractivity contribution >= 4 is 17.0 Å². The molecule has 2 aliphatic rings. The predicted molar refractivity (Wildman–Crippen MR) is 73.0 cm³/mol. The van der Waals surface area contributed by atoms with Gasteiger partial charge in [0, 0.05) is 25.7 Å². The molecule has 0 spiro atoms. The zero-order chi connectivity index (χ0) is 13.5. The Morgan fingerprint density at radius 3 is 2.95 bits per heavy atom. The highest BCUT2D eigenvalue weighted by Gasteiger charge is 2.38. The molecular formula is C13H15N7. The van der Waals surface area contributed by atoms with Crippen molar-refractivity contribution in [3.05, 3.63) is 12.7 Å². The van der Waals surface area contributed by atoms with Gasteiger partial charge in [-0.25, -0.2) is 15.0 Å². The first-order chi connectivity index (χ1) is 9.86. The maximum absolute atomic E-state index is 9.40. The van der Waals surface area contributed by atoms with Gasteiger partial charge < -0.3 is 9.88 Å². The van der Waals surface area contributed by atoms with Crippen molar-refractivity contribution in [3.63, 3.8) is 0 Å². The van der Waals surface area contributed by atoms with Crippen LogP contribution in [0.3, 0.4) is 0 Å². The summed E-state index contributed by atoms with van der Waals surface area (Å²) in [5, 5.41) is 9.40. The van der Waals surface area contributed by atoms with E-state index in [0.29, 0.717) is 18.2 Å². The highest BCUT2D eigenvalue weighted by Crippen LogP contribution is 2.31. The molecular weight excluding hydrogens is 254 g/mol. The van der Waals surface area contributed by atoms with Crippen LogP contribution in [-0.4, -0.2) is 56.6 Å². The third-order valence-electron chi connectivity index (χ3n) is 4.09. The van der Waals surface area contributed by atoms with Crippen molar-refractivity contribution in [1.29, 1.82) is 5.26 Å². The van der Waals surface area contributed by atoms with Crippen LogP contribution in [-0.2, 0) is 0 Å². The Balaban J connectivity index is 1.63. The molecule has 1 aliphatic heterocycles. The van der Waals surface area contributed by atoms with E-state index < -0.39 is 0 Å². The van der Waals surface area contributed by atoms with Gasteiger partial charge in [0.15, 0.2) is 11.5 Å². The van der Waals surface area contributed by atoms with Crippen molar-refractivity contribution in [2.45, 2.75) is 24.9 Å². The molecule has 2 aromatic rings. The van der Waals surface area contributed by atoms with Gasteiger partial charge in [-0.05, 0) is 12.8 Å². The van der Waals surface area contributed by atoms with Crippen LogP contribution in [0.2, 0.25) is 0 Å². The van der Waals surface area contributed by atoms with E-state index in [1.54, 1.807) is 6.33 Å². The quantitative estimate of drug-likeness (QED) is 0.856. The van der Waals surface area contributed by atoms with E-state index in [1.165, 1.54) is 19.2 Å². The fraction of sp³-hybridized carbons (Fsp3) is 0.538. The van der Waals surface area contributed by atoms with Crippen molar-refractivity contribution in [3.8, 4) is 6.07 Å². The molecule has 20 heavy (non-hydrogen) atoms. The molecule has 2 fully saturated rings. The summed E-state index contributed by atoms with van der Waals surface area (Å²) in [5.41, 5.74) is 1.53. The largest absolute Gasteiger partial charge is 0.351 e. The molecule has 1 aliphatic carbocycles. The summed E-state index contributed by atoms with van der Waals surface area (Å²) >= 11 is 0. The minimum absolute atomic E-state index is 0.0517. The Morgan fingerprint density at radius 2 is 2.15 bits per heavy atom. The lowest BCUT2D eigenvalue weighted by atomic mass is 10.1. The van der Waals surface area contributed by atoms with Gasteiger partial charge in [-0.1, -0.05) is 0 Å². The van der Waals surface area contributed by atoms with Crippen LogP contribution in [0.15, 0.2) is 12.7 Å². The Kier molecular flexibility index (Phi) is 2.57. The number of hydrogen-bond donors (Lipinski definition) is 1. The van der Waals surface area contributed by atoms with Gasteiger partial charge >= 0.3 is 0 Å². The lowest BCUT2D eigenvalue weighted by molar-refractivity contribution is 0.203. The number of fused-ring (bicyclic) bond motifs is 1. The third kappa shape index (κ3) is 1.80. The molecule has 7 nitrogen and oxygen atoms in total. The van der Waals surface area contributed by atoms with E-state index in [-0.39, 0.29) is 6.04 Å². The standard InChI is InChI=1S/C13H15N7/c14-5-10-6-19(3-4-20(10)9-1-2-9)13-11-12(16-7-15-11)17-8-18-13/h7-10H,1-4,6H2,(H,15,16,17,18). The maximum atomic E-state index is 9.40. The molecule has 1 atom stereocenters. The molecule has 1 unspecified atom stereocenters. The smallest absolute Gasteiger partial charge is 0.182 e. The van der Waals surface area contributed by atoms with Crippen molar-refractivity contribution in [1.82, 2.24) is 24.8 Å². The van der Waals surface area contributed by atoms with Crippen LogP contribution in [0.1, 0.15) is 12.8 Å². The molecule has 1 saturated heterocycles. The lowest BCUT2D eigenvalue weighted by Crippen LogP contribution is -2.53. The zero-order valence-corrected chi connectivity index (χ0v) is 11.0. The molecule has 0 radical (unpaired) electrons. The van der Waals surface area contributed by atoms with Crippen molar-refractivity contribution in [2.24, 2.45) is 0 Å². The van der Waals surface area contributed by atoms with E-state index in [2.05, 4.69) is 35.8 Å². The van der Waals surface area contributed by atoms with Crippen LogP contribution < -0.4 is 4.90 Å². The van der Waals surface area contributed by atoms with Gasteiger partial charge in [-0.2, -0.15) is 5.26 Å². The van der Waals surface area contributed by atoms with E-state index >= 15 is 0 Å². The van der Waals surface area contributed by atoms with Gasteiger partial charge in [-0.15, -0.1) is 0 Å². The Morgan fingerprint density at radius 1 is 1.25 bits per heavy atom. The van der Waals surface area contributed by atoms with Gasteiger partial charge in [-0.3, -0.25) is 4.90 Å². The minimum atomic E-state index is -0.0517. The number of imidazole rings is 1. The number of H-pyrrole nitrogens is 1. The number of aromatic nitrogens is 4. The summed E-state index contributed by atoms with van der Waals surface area (Å²) in [7, 11) is 0. The van der Waals surface area contributed by atoms with E-state index in [9.17, 15) is 5.26 Å². The average molecular weight is 269 g/mol. The van der Waals surface area contributed by atoms with E-state index in [0.717, 1.165) is 24.4 Å². The number of nitrogens with one attached hydrogen (secondary N) is 1. The van der Waals surface area contributed by atoms with E-state index in [1.807, 2.05) is 0 Å². The number of aromatic amines is 1. The van der Waals surface area contributed by atoms with Crippen LogP contribution >= 0.6 is 0 Å². The minimum Gasteiger partial charge on any atom is -0.351 e. The first kappa shape index (κ1) is 11.6. The topological polar surface area (TPSA) is 84.7 Å². The molecule has 1 saturated carbocycles. The number of anilines is 1. The molecule has 0 amide bonds. The zero-order valence-electron chi connectivity index (χ0n) is 11.0. The second kappa shape index (κ2) is 4.42. The van der Waals surface area contributed by atoms with Crippen LogP contribution in [0.25, 0.3) is 11.2 Å². The molecule has 7 heteroatoms. The van der Waals surface area contributed by atoms with Gasteiger partial charge in [0.1, 0.15) is 17.9 Å².